The van der Waals surface area contributed by atoms with Gasteiger partial charge < -0.3 is 10.6 Å². The molecule has 0 spiro atoms. The van der Waals surface area contributed by atoms with Crippen molar-refractivity contribution >= 4 is 33.0 Å². The monoisotopic (exact) mass is 407 g/mol. The molecule has 0 amide bonds. The minimum Gasteiger partial charge on any atom is -0.355 e. The summed E-state index contributed by atoms with van der Waals surface area (Å²) < 4.78 is 26.9. The molecule has 0 bridgehead atoms. The molecule has 0 aliphatic carbocycles. The number of benzene rings is 1. The van der Waals surface area contributed by atoms with E-state index in [-0.39, 0.29) is 5.75 Å². The molecule has 1 aliphatic rings. The number of nitrogens with zero attached hydrogens (tertiary/aromatic N) is 3. The minimum absolute atomic E-state index is 0.0146. The van der Waals surface area contributed by atoms with Crippen molar-refractivity contribution in [2.75, 3.05) is 30.2 Å². The van der Waals surface area contributed by atoms with E-state index >= 15 is 0 Å². The van der Waals surface area contributed by atoms with Crippen molar-refractivity contribution in [2.24, 2.45) is 4.99 Å². The van der Waals surface area contributed by atoms with Crippen molar-refractivity contribution in [1.29, 1.82) is 0 Å². The summed E-state index contributed by atoms with van der Waals surface area (Å²) in [5, 5.41) is 7.33. The Balaban J connectivity index is 1.53. The standard InChI is InChI=1S/C18H25N5O2S2/c1-13-17(26-14(2)22-13)12-21-18(19-3)20-9-11-27(24,25)23-10-8-15-6-4-5-7-16(15)23/h4-7H,8-12H2,1-3H3,(H2,19,20,21). The molecule has 1 aromatic carbocycles. The molecule has 146 valence electrons. The number of aryl methyl sites for hydroxylation is 2. The van der Waals surface area contributed by atoms with Crippen LogP contribution in [-0.4, -0.2) is 45.3 Å². The molecule has 0 saturated heterocycles. The summed E-state index contributed by atoms with van der Waals surface area (Å²) in [6, 6.07) is 7.67. The second-order valence-corrected chi connectivity index (χ2v) is 9.66. The molecule has 1 aliphatic heterocycles. The first-order valence-electron chi connectivity index (χ1n) is 8.86. The number of hydrogen-bond acceptors (Lipinski definition) is 5. The number of nitrogens with one attached hydrogen (secondary N) is 2. The lowest BCUT2D eigenvalue weighted by molar-refractivity contribution is 0.591. The fraction of sp³-hybridized carbons (Fsp3) is 0.444. The van der Waals surface area contributed by atoms with Gasteiger partial charge in [-0.25, -0.2) is 13.4 Å². The third-order valence-corrected chi connectivity index (χ3v) is 7.32. The lowest BCUT2D eigenvalue weighted by atomic mass is 10.2. The Bertz CT molecular complexity index is 937. The van der Waals surface area contributed by atoms with Gasteiger partial charge in [0.2, 0.25) is 10.0 Å². The Morgan fingerprint density at radius 3 is 2.78 bits per heavy atom. The highest BCUT2D eigenvalue weighted by Gasteiger charge is 2.28. The van der Waals surface area contributed by atoms with Crippen LogP contribution in [0, 0.1) is 13.8 Å². The van der Waals surface area contributed by atoms with E-state index in [1.807, 2.05) is 38.1 Å². The molecule has 2 N–H and O–H groups in total. The molecule has 2 aromatic rings. The quantitative estimate of drug-likeness (QED) is 0.563. The summed E-state index contributed by atoms with van der Waals surface area (Å²) >= 11 is 1.65. The first kappa shape index (κ1) is 19.6. The highest BCUT2D eigenvalue weighted by Crippen LogP contribution is 2.29. The van der Waals surface area contributed by atoms with Gasteiger partial charge >= 0.3 is 0 Å². The fourth-order valence-corrected chi connectivity index (χ4v) is 5.43. The van der Waals surface area contributed by atoms with Crippen molar-refractivity contribution in [2.45, 2.75) is 26.8 Å². The van der Waals surface area contributed by atoms with Gasteiger partial charge in [-0.05, 0) is 31.9 Å². The van der Waals surface area contributed by atoms with Crippen LogP contribution in [0.25, 0.3) is 0 Å². The maximum absolute atomic E-state index is 12.7. The predicted octanol–water partition coefficient (Wildman–Crippen LogP) is 1.82. The second kappa shape index (κ2) is 8.26. The van der Waals surface area contributed by atoms with Crippen LogP contribution < -0.4 is 14.9 Å². The lowest BCUT2D eigenvalue weighted by Crippen LogP contribution is -2.41. The summed E-state index contributed by atoms with van der Waals surface area (Å²) in [5.74, 6) is 0.596. The molecule has 1 aromatic heterocycles. The fourth-order valence-electron chi connectivity index (χ4n) is 3.13. The number of para-hydroxylation sites is 1. The number of hydrogen-bond donors (Lipinski definition) is 2. The van der Waals surface area contributed by atoms with Gasteiger partial charge in [0.1, 0.15) is 0 Å². The summed E-state index contributed by atoms with van der Waals surface area (Å²) in [6.45, 7) is 5.38. The average molecular weight is 408 g/mol. The molecule has 0 radical (unpaired) electrons. The van der Waals surface area contributed by atoms with Crippen LogP contribution in [0.15, 0.2) is 29.3 Å². The second-order valence-electron chi connectivity index (χ2n) is 6.36. The van der Waals surface area contributed by atoms with Crippen LogP contribution >= 0.6 is 11.3 Å². The summed E-state index contributed by atoms with van der Waals surface area (Å²) in [4.78, 5) is 9.72. The molecule has 27 heavy (non-hydrogen) atoms. The van der Waals surface area contributed by atoms with Gasteiger partial charge in [0.05, 0.1) is 28.7 Å². The van der Waals surface area contributed by atoms with E-state index in [0.717, 1.165) is 33.3 Å². The smallest absolute Gasteiger partial charge is 0.236 e. The normalized spacial score (nSPS) is 14.3. The zero-order chi connectivity index (χ0) is 19.4. The maximum Gasteiger partial charge on any atom is 0.236 e. The molecular weight excluding hydrogens is 382 g/mol. The summed E-state index contributed by atoms with van der Waals surface area (Å²) in [7, 11) is -1.70. The average Bonchev–Trinajstić information content (AvgIpc) is 3.21. The van der Waals surface area contributed by atoms with Crippen LogP contribution in [0.4, 0.5) is 5.69 Å². The summed E-state index contributed by atoms with van der Waals surface area (Å²) in [5.41, 5.74) is 2.90. The highest BCUT2D eigenvalue weighted by atomic mass is 32.2. The third-order valence-electron chi connectivity index (χ3n) is 4.47. The third kappa shape index (κ3) is 4.59. The van der Waals surface area contributed by atoms with Crippen molar-refractivity contribution < 1.29 is 8.42 Å². The first-order valence-corrected chi connectivity index (χ1v) is 11.3. The maximum atomic E-state index is 12.7. The van der Waals surface area contributed by atoms with Crippen LogP contribution in [0.3, 0.4) is 0 Å². The van der Waals surface area contributed by atoms with Gasteiger partial charge in [-0.15, -0.1) is 11.3 Å². The molecule has 2 heterocycles. The number of fused-ring (bicyclic) bond motifs is 1. The Kier molecular flexibility index (Phi) is 6.01. The largest absolute Gasteiger partial charge is 0.355 e. The zero-order valence-electron chi connectivity index (χ0n) is 15.8. The first-order chi connectivity index (χ1) is 12.9. The van der Waals surface area contributed by atoms with Crippen molar-refractivity contribution in [3.63, 3.8) is 0 Å². The predicted molar refractivity (Wildman–Crippen MR) is 111 cm³/mol. The van der Waals surface area contributed by atoms with Gasteiger partial charge in [0.15, 0.2) is 5.96 Å². The number of anilines is 1. The molecule has 9 heteroatoms. The Hall–Kier alpha value is -2.13. The van der Waals surface area contributed by atoms with Crippen molar-refractivity contribution in [3.8, 4) is 0 Å². The van der Waals surface area contributed by atoms with E-state index in [0.29, 0.717) is 25.6 Å². The number of aromatic nitrogens is 1. The Labute approximate surface area is 164 Å². The number of guanidine groups is 1. The number of thiazole rings is 1. The van der Waals surface area contributed by atoms with Gasteiger partial charge in [0, 0.05) is 25.0 Å². The van der Waals surface area contributed by atoms with Gasteiger partial charge in [-0.3, -0.25) is 9.30 Å². The minimum atomic E-state index is -3.37. The number of rotatable bonds is 6. The van der Waals surface area contributed by atoms with Gasteiger partial charge in [0.25, 0.3) is 0 Å². The molecule has 7 nitrogen and oxygen atoms in total. The number of aliphatic imine (C=N–C) groups is 1. The SMILES string of the molecule is CN=C(NCCS(=O)(=O)N1CCc2ccccc21)NCc1sc(C)nc1C. The molecular formula is C18H25N5O2S2. The van der Waals surface area contributed by atoms with E-state index in [2.05, 4.69) is 20.6 Å². The van der Waals surface area contributed by atoms with Crippen LogP contribution in [0.2, 0.25) is 0 Å². The lowest BCUT2D eigenvalue weighted by Gasteiger charge is -2.20. The highest BCUT2D eigenvalue weighted by molar-refractivity contribution is 7.92. The molecule has 0 unspecified atom stereocenters. The topological polar surface area (TPSA) is 86.7 Å². The van der Waals surface area contributed by atoms with Crippen molar-refractivity contribution in [1.82, 2.24) is 15.6 Å². The zero-order valence-corrected chi connectivity index (χ0v) is 17.5. The van der Waals surface area contributed by atoms with E-state index in [1.54, 1.807) is 18.4 Å². The molecule has 0 saturated carbocycles. The van der Waals surface area contributed by atoms with Crippen LogP contribution in [0.1, 0.15) is 21.1 Å². The van der Waals surface area contributed by atoms with E-state index in [4.69, 9.17) is 0 Å². The van der Waals surface area contributed by atoms with E-state index < -0.39 is 10.0 Å². The van der Waals surface area contributed by atoms with Crippen LogP contribution in [-0.2, 0) is 23.0 Å². The molecule has 0 fully saturated rings. The summed E-state index contributed by atoms with van der Waals surface area (Å²) in [6.07, 6.45) is 0.764. The van der Waals surface area contributed by atoms with E-state index in [1.165, 1.54) is 4.31 Å². The van der Waals surface area contributed by atoms with Gasteiger partial charge in [-0.2, -0.15) is 0 Å². The Morgan fingerprint density at radius 2 is 2.07 bits per heavy atom. The molecule has 0 atom stereocenters. The Morgan fingerprint density at radius 1 is 1.30 bits per heavy atom. The van der Waals surface area contributed by atoms with Gasteiger partial charge in [-0.1, -0.05) is 18.2 Å². The molecule has 3 rings (SSSR count). The van der Waals surface area contributed by atoms with Crippen molar-refractivity contribution in [3.05, 3.63) is 45.4 Å². The van der Waals surface area contributed by atoms with E-state index in [9.17, 15) is 8.42 Å². The number of sulfonamides is 1. The van der Waals surface area contributed by atoms with Crippen LogP contribution in [0.5, 0.6) is 0 Å².